The highest BCUT2D eigenvalue weighted by Gasteiger charge is 2.24. The third-order valence-electron chi connectivity index (χ3n) is 5.73. The molecule has 0 aromatic carbocycles. The quantitative estimate of drug-likeness (QED) is 0.0404. The lowest BCUT2D eigenvalue weighted by Gasteiger charge is -2.19. The smallest absolute Gasteiger partial charge is 0.457 e. The molecule has 0 aliphatic carbocycles. The first kappa shape index (κ1) is 39.2. The molecule has 0 aliphatic heterocycles. The number of phosphoric ester groups is 1. The second-order valence-electron chi connectivity index (χ2n) is 9.61. The largest absolute Gasteiger partial charge is 0.472 e. The highest BCUT2D eigenvalue weighted by Crippen LogP contribution is 2.43. The maximum atomic E-state index is 12.3. The van der Waals surface area contributed by atoms with E-state index in [9.17, 15) is 14.3 Å². The van der Waals surface area contributed by atoms with Gasteiger partial charge in [0.2, 0.25) is 0 Å². The maximum absolute atomic E-state index is 12.3. The summed E-state index contributed by atoms with van der Waals surface area (Å²) in [5.41, 5.74) is 5.31. The molecule has 0 heterocycles. The highest BCUT2D eigenvalue weighted by molar-refractivity contribution is 7.47. The maximum Gasteiger partial charge on any atom is 0.472 e. The van der Waals surface area contributed by atoms with Crippen molar-refractivity contribution in [2.75, 3.05) is 33.0 Å². The normalized spacial score (nSPS) is 14.7. The van der Waals surface area contributed by atoms with E-state index in [0.29, 0.717) is 13.0 Å². The van der Waals surface area contributed by atoms with Crippen LogP contribution < -0.4 is 5.73 Å². The second-order valence-corrected chi connectivity index (χ2v) is 11.1. The molecule has 9 heteroatoms. The minimum atomic E-state index is -4.28. The fourth-order valence-electron chi connectivity index (χ4n) is 3.54. The van der Waals surface area contributed by atoms with E-state index in [-0.39, 0.29) is 32.8 Å². The molecule has 0 saturated heterocycles. The summed E-state index contributed by atoms with van der Waals surface area (Å²) in [7, 11) is -4.28. The molecule has 8 nitrogen and oxygen atoms in total. The number of esters is 1. The van der Waals surface area contributed by atoms with Crippen molar-refractivity contribution >= 4 is 13.8 Å². The average Bonchev–Trinajstić information content (AvgIpc) is 2.96. The number of hydrogen-bond donors (Lipinski definition) is 2. The molecule has 0 radical (unpaired) electrons. The lowest BCUT2D eigenvalue weighted by molar-refractivity contribution is -0.153. The van der Waals surface area contributed by atoms with Crippen LogP contribution in [0.25, 0.3) is 0 Å². The van der Waals surface area contributed by atoms with Gasteiger partial charge in [0, 0.05) is 13.2 Å². The minimum absolute atomic E-state index is 0.0735. The van der Waals surface area contributed by atoms with E-state index in [0.717, 1.165) is 38.5 Å². The van der Waals surface area contributed by atoms with Gasteiger partial charge in [0.05, 0.1) is 26.2 Å². The van der Waals surface area contributed by atoms with Gasteiger partial charge in [0.25, 0.3) is 0 Å². The van der Waals surface area contributed by atoms with Gasteiger partial charge in [-0.3, -0.25) is 13.8 Å². The van der Waals surface area contributed by atoms with Crippen LogP contribution in [0.2, 0.25) is 0 Å². The first-order valence-electron chi connectivity index (χ1n) is 15.3. The first-order chi connectivity index (χ1) is 19.9. The minimum Gasteiger partial charge on any atom is -0.457 e. The average molecular weight is 598 g/mol. The van der Waals surface area contributed by atoms with Crippen LogP contribution in [0.5, 0.6) is 0 Å². The van der Waals surface area contributed by atoms with Crippen molar-refractivity contribution in [3.05, 3.63) is 60.8 Å². The Morgan fingerprint density at radius 1 is 0.732 bits per heavy atom. The summed E-state index contributed by atoms with van der Waals surface area (Å²) in [5, 5.41) is 0. The molecule has 236 valence electrons. The van der Waals surface area contributed by atoms with E-state index in [1.54, 1.807) is 6.08 Å². The van der Waals surface area contributed by atoms with Crippen LogP contribution in [-0.4, -0.2) is 49.9 Å². The summed E-state index contributed by atoms with van der Waals surface area (Å²) in [6.45, 7) is 4.59. The van der Waals surface area contributed by atoms with Crippen LogP contribution in [0, 0.1) is 0 Å². The molecule has 0 fully saturated rings. The van der Waals surface area contributed by atoms with Crippen LogP contribution in [0.15, 0.2) is 60.8 Å². The second kappa shape index (κ2) is 29.7. The number of ether oxygens (including phenoxy) is 2. The Labute approximate surface area is 249 Å². The van der Waals surface area contributed by atoms with Gasteiger partial charge in [-0.1, -0.05) is 113 Å². The van der Waals surface area contributed by atoms with E-state index in [1.165, 1.54) is 32.1 Å². The number of rotatable bonds is 28. The Bertz CT molecular complexity index is 808. The molecule has 41 heavy (non-hydrogen) atoms. The van der Waals surface area contributed by atoms with Gasteiger partial charge < -0.3 is 20.1 Å². The van der Waals surface area contributed by atoms with Gasteiger partial charge in [-0.15, -0.1) is 0 Å². The van der Waals surface area contributed by atoms with Crippen molar-refractivity contribution in [1.82, 2.24) is 0 Å². The van der Waals surface area contributed by atoms with Gasteiger partial charge >= 0.3 is 13.8 Å². The number of carbonyl (C=O) groups excluding carboxylic acids is 1. The topological polar surface area (TPSA) is 117 Å². The Kier molecular flexibility index (Phi) is 28.4. The molecule has 0 aromatic rings. The zero-order valence-corrected chi connectivity index (χ0v) is 26.4. The number of allylic oxidation sites excluding steroid dienone is 9. The summed E-state index contributed by atoms with van der Waals surface area (Å²) in [5.74, 6) is -0.463. The lowest BCUT2D eigenvalue weighted by Crippen LogP contribution is -2.28. The third kappa shape index (κ3) is 29.5. The Morgan fingerprint density at radius 3 is 1.83 bits per heavy atom. The predicted octanol–water partition coefficient (Wildman–Crippen LogP) is 7.90. The summed E-state index contributed by atoms with van der Waals surface area (Å²) >= 11 is 0. The van der Waals surface area contributed by atoms with E-state index < -0.39 is 19.9 Å². The summed E-state index contributed by atoms with van der Waals surface area (Å²) < 4.78 is 32.8. The summed E-state index contributed by atoms with van der Waals surface area (Å²) in [6.07, 6.45) is 32.7. The first-order valence-corrected chi connectivity index (χ1v) is 16.8. The molecule has 0 saturated carbocycles. The third-order valence-corrected chi connectivity index (χ3v) is 6.72. The lowest BCUT2D eigenvalue weighted by atomic mass is 10.1. The number of hydrogen-bond acceptors (Lipinski definition) is 7. The van der Waals surface area contributed by atoms with Crippen LogP contribution in [0.1, 0.15) is 97.3 Å². The Balaban J connectivity index is 4.36. The van der Waals surface area contributed by atoms with E-state index in [4.69, 9.17) is 24.3 Å². The van der Waals surface area contributed by atoms with Crippen LogP contribution in [-0.2, 0) is 27.9 Å². The number of phosphoric acid groups is 1. The monoisotopic (exact) mass is 597 g/mol. The summed E-state index contributed by atoms with van der Waals surface area (Å²) in [4.78, 5) is 22.1. The molecule has 0 spiro atoms. The molecule has 0 rings (SSSR count). The van der Waals surface area contributed by atoms with Gasteiger partial charge in [-0.05, 0) is 38.5 Å². The zero-order valence-electron chi connectivity index (χ0n) is 25.5. The van der Waals surface area contributed by atoms with Crippen LogP contribution >= 0.6 is 7.82 Å². The standard InChI is InChI=1S/C32H56NO7P/c1-3-5-7-9-11-12-13-14-15-16-17-18-19-21-23-25-32(34)40-31(30-39-41(35,36)38-28-26-33)29-37-27-24-22-20-10-8-6-4-2/h5,7,11-12,14-15,17-18,21,23,31H,3-4,6,8-10,13,16,19-20,22,24-30,33H2,1-2H3,(H,35,36)/b7-5-,12-11-,15-14-,18-17-,23-21-. The predicted molar refractivity (Wildman–Crippen MR) is 169 cm³/mol. The van der Waals surface area contributed by atoms with Gasteiger partial charge in [-0.25, -0.2) is 4.57 Å². The molecule has 3 N–H and O–H groups in total. The SMILES string of the molecule is CC/C=C\C/C=C\C/C=C\C/C=C\C/C=C\CC(=O)OC(COCCCCCCCCC)COP(=O)(O)OCCN. The van der Waals surface area contributed by atoms with Crippen LogP contribution in [0.3, 0.4) is 0 Å². The van der Waals surface area contributed by atoms with E-state index >= 15 is 0 Å². The van der Waals surface area contributed by atoms with Crippen molar-refractivity contribution in [3.63, 3.8) is 0 Å². The number of unbranched alkanes of at least 4 members (excludes halogenated alkanes) is 6. The van der Waals surface area contributed by atoms with Crippen molar-refractivity contribution in [2.24, 2.45) is 5.73 Å². The molecular formula is C32H56NO7P. The summed E-state index contributed by atoms with van der Waals surface area (Å²) in [6, 6.07) is 0. The molecule has 2 atom stereocenters. The van der Waals surface area contributed by atoms with Crippen molar-refractivity contribution in [2.45, 2.75) is 103 Å². The van der Waals surface area contributed by atoms with Crippen molar-refractivity contribution in [1.29, 1.82) is 0 Å². The fraction of sp³-hybridized carbons (Fsp3) is 0.656. The van der Waals surface area contributed by atoms with Crippen molar-refractivity contribution in [3.8, 4) is 0 Å². The zero-order chi connectivity index (χ0) is 30.3. The molecule has 0 aromatic heterocycles. The van der Waals surface area contributed by atoms with Gasteiger partial charge in [0.1, 0.15) is 6.10 Å². The van der Waals surface area contributed by atoms with Gasteiger partial charge in [-0.2, -0.15) is 0 Å². The molecule has 0 bridgehead atoms. The van der Waals surface area contributed by atoms with Gasteiger partial charge in [0.15, 0.2) is 0 Å². The molecule has 2 unspecified atom stereocenters. The van der Waals surface area contributed by atoms with Crippen LogP contribution in [0.4, 0.5) is 0 Å². The van der Waals surface area contributed by atoms with E-state index in [2.05, 4.69) is 56.4 Å². The Morgan fingerprint density at radius 2 is 1.27 bits per heavy atom. The number of carbonyl (C=O) groups is 1. The molecule has 0 amide bonds. The van der Waals surface area contributed by atoms with E-state index in [1.807, 2.05) is 12.2 Å². The Hall–Kier alpha value is -1.80. The number of nitrogens with two attached hydrogens (primary N) is 1. The molecular weight excluding hydrogens is 541 g/mol. The fourth-order valence-corrected chi connectivity index (χ4v) is 4.30. The highest BCUT2D eigenvalue weighted by atomic mass is 31.2. The van der Waals surface area contributed by atoms with Crippen molar-refractivity contribution < 1.29 is 32.8 Å². The molecule has 0 aliphatic rings.